The van der Waals surface area contributed by atoms with E-state index in [1.807, 2.05) is 6.92 Å². The molecule has 0 N–H and O–H groups in total. The molecule has 0 unspecified atom stereocenters. The van der Waals surface area contributed by atoms with E-state index in [0.29, 0.717) is 12.2 Å². The maximum Gasteiger partial charge on any atom is 0.160 e. The first-order valence-electron chi connectivity index (χ1n) is 6.21. The van der Waals surface area contributed by atoms with E-state index < -0.39 is 0 Å². The Balaban J connectivity index is 3.05. The van der Waals surface area contributed by atoms with Crippen molar-refractivity contribution in [1.82, 2.24) is 4.90 Å². The van der Waals surface area contributed by atoms with Gasteiger partial charge in [0.25, 0.3) is 0 Å². The second-order valence-electron chi connectivity index (χ2n) is 6.32. The van der Waals surface area contributed by atoms with Crippen LogP contribution in [0.2, 0.25) is 0 Å². The molecular weight excluding hydrogens is 198 g/mol. The lowest BCUT2D eigenvalue weighted by Gasteiger charge is -2.43. The number of ketones is 1. The van der Waals surface area contributed by atoms with Crippen LogP contribution in [0.15, 0.2) is 11.8 Å². The van der Waals surface area contributed by atoms with Gasteiger partial charge in [0.05, 0.1) is 0 Å². The average Bonchev–Trinajstić information content (AvgIpc) is 2.14. The van der Waals surface area contributed by atoms with Crippen LogP contribution in [-0.4, -0.2) is 22.8 Å². The van der Waals surface area contributed by atoms with E-state index in [-0.39, 0.29) is 11.0 Å². The van der Waals surface area contributed by atoms with Crippen molar-refractivity contribution in [2.75, 3.05) is 6.54 Å². The van der Waals surface area contributed by atoms with Crippen molar-refractivity contribution >= 4 is 5.78 Å². The fraction of sp³-hybridized carbons (Fsp3) is 0.786. The summed E-state index contributed by atoms with van der Waals surface area (Å²) in [6.07, 6.45) is 3.75. The van der Waals surface area contributed by atoms with Gasteiger partial charge in [-0.1, -0.05) is 20.8 Å². The van der Waals surface area contributed by atoms with Crippen LogP contribution in [0.4, 0.5) is 0 Å². The van der Waals surface area contributed by atoms with Crippen LogP contribution in [0.3, 0.4) is 0 Å². The maximum absolute atomic E-state index is 12.0. The minimum atomic E-state index is 0.0366. The number of carbonyl (C=O) groups excluding carboxylic acids is 1. The van der Waals surface area contributed by atoms with Crippen LogP contribution in [0.1, 0.15) is 54.4 Å². The predicted molar refractivity (Wildman–Crippen MR) is 68.2 cm³/mol. The highest BCUT2D eigenvalue weighted by Gasteiger charge is 2.34. The Hall–Kier alpha value is -0.790. The van der Waals surface area contributed by atoms with E-state index in [9.17, 15) is 4.79 Å². The van der Waals surface area contributed by atoms with Gasteiger partial charge in [-0.05, 0) is 32.6 Å². The molecule has 2 nitrogen and oxygen atoms in total. The molecule has 0 aromatic rings. The van der Waals surface area contributed by atoms with Gasteiger partial charge in [0.15, 0.2) is 5.78 Å². The normalized spacial score (nSPS) is 20.6. The first-order chi connectivity index (χ1) is 7.18. The van der Waals surface area contributed by atoms with Crippen LogP contribution in [0.25, 0.3) is 0 Å². The summed E-state index contributed by atoms with van der Waals surface area (Å²) in [5.74, 6) is 0.291. The van der Waals surface area contributed by atoms with E-state index in [0.717, 1.165) is 18.5 Å². The van der Waals surface area contributed by atoms with Gasteiger partial charge in [0.2, 0.25) is 0 Å². The molecule has 0 aromatic carbocycles. The van der Waals surface area contributed by atoms with E-state index in [4.69, 9.17) is 0 Å². The summed E-state index contributed by atoms with van der Waals surface area (Å²) in [5.41, 5.74) is 1.14. The lowest BCUT2D eigenvalue weighted by atomic mass is 9.76. The number of nitrogens with zero attached hydrogens (tertiary/aromatic N) is 1. The van der Waals surface area contributed by atoms with Gasteiger partial charge < -0.3 is 4.90 Å². The Kier molecular flexibility index (Phi) is 3.51. The zero-order valence-electron chi connectivity index (χ0n) is 11.6. The van der Waals surface area contributed by atoms with Gasteiger partial charge >= 0.3 is 0 Å². The molecule has 0 radical (unpaired) electrons. The molecule has 0 aromatic heterocycles. The number of hydrogen-bond donors (Lipinski definition) is 0. The maximum atomic E-state index is 12.0. The average molecular weight is 223 g/mol. The topological polar surface area (TPSA) is 20.3 Å². The number of Topliss-reactive ketones (excluding diaryl/α,β-unsaturated/α-hetero) is 1. The summed E-state index contributed by atoms with van der Waals surface area (Å²) in [6.45, 7) is 13.9. The molecule has 16 heavy (non-hydrogen) atoms. The van der Waals surface area contributed by atoms with Gasteiger partial charge in [-0.2, -0.15) is 0 Å². The fourth-order valence-electron chi connectivity index (χ4n) is 2.10. The van der Waals surface area contributed by atoms with Crippen molar-refractivity contribution in [3.63, 3.8) is 0 Å². The summed E-state index contributed by atoms with van der Waals surface area (Å²) in [5, 5.41) is 0. The van der Waals surface area contributed by atoms with Crippen molar-refractivity contribution in [2.24, 2.45) is 5.41 Å². The lowest BCUT2D eigenvalue weighted by Crippen LogP contribution is -2.44. The molecule has 0 bridgehead atoms. The molecule has 0 saturated carbocycles. The van der Waals surface area contributed by atoms with Gasteiger partial charge in [0.1, 0.15) is 0 Å². The smallest absolute Gasteiger partial charge is 0.160 e. The largest absolute Gasteiger partial charge is 0.372 e. The zero-order chi connectivity index (χ0) is 12.6. The summed E-state index contributed by atoms with van der Waals surface area (Å²) in [4.78, 5) is 14.3. The number of carbonyl (C=O) groups is 1. The molecule has 0 saturated heterocycles. The monoisotopic (exact) mass is 223 g/mol. The molecule has 1 heterocycles. The molecule has 0 spiro atoms. The van der Waals surface area contributed by atoms with E-state index in [2.05, 4.69) is 45.7 Å². The Morgan fingerprint density at radius 2 is 2.00 bits per heavy atom. The SMILES string of the molecule is CCC(=O)C1=CN(C(C)(C)C)CCC1(C)C. The molecule has 0 amide bonds. The Morgan fingerprint density at radius 3 is 2.44 bits per heavy atom. The highest BCUT2D eigenvalue weighted by Crippen LogP contribution is 2.37. The molecule has 2 heteroatoms. The molecule has 0 atom stereocenters. The first-order valence-corrected chi connectivity index (χ1v) is 6.21. The standard InChI is InChI=1S/C14H25NO/c1-7-12(16)11-10-15(13(2,3)4)9-8-14(11,5)6/h10H,7-9H2,1-6H3. The van der Waals surface area contributed by atoms with Crippen molar-refractivity contribution in [2.45, 2.75) is 59.9 Å². The summed E-state index contributed by atoms with van der Waals surface area (Å²) in [7, 11) is 0. The van der Waals surface area contributed by atoms with Gasteiger partial charge in [-0.25, -0.2) is 0 Å². The minimum Gasteiger partial charge on any atom is -0.372 e. The van der Waals surface area contributed by atoms with Crippen LogP contribution in [0.5, 0.6) is 0 Å². The Labute approximate surface area is 99.7 Å². The number of allylic oxidation sites excluding steroid dienone is 1. The minimum absolute atomic E-state index is 0.0366. The van der Waals surface area contributed by atoms with Gasteiger partial charge in [-0.15, -0.1) is 0 Å². The Bertz CT molecular complexity index is 307. The predicted octanol–water partition coefficient (Wildman–Crippen LogP) is 3.38. The third kappa shape index (κ3) is 2.66. The van der Waals surface area contributed by atoms with Crippen LogP contribution >= 0.6 is 0 Å². The van der Waals surface area contributed by atoms with Crippen molar-refractivity contribution in [3.8, 4) is 0 Å². The molecule has 0 aliphatic carbocycles. The highest BCUT2D eigenvalue weighted by molar-refractivity contribution is 5.96. The van der Waals surface area contributed by atoms with E-state index in [1.165, 1.54) is 0 Å². The second kappa shape index (κ2) is 4.23. The quantitative estimate of drug-likeness (QED) is 0.715. The highest BCUT2D eigenvalue weighted by atomic mass is 16.1. The van der Waals surface area contributed by atoms with Crippen molar-refractivity contribution < 1.29 is 4.79 Å². The molecule has 92 valence electrons. The number of rotatable bonds is 2. The summed E-state index contributed by atoms with van der Waals surface area (Å²) in [6, 6.07) is 0. The third-order valence-corrected chi connectivity index (χ3v) is 3.47. The van der Waals surface area contributed by atoms with Crippen LogP contribution < -0.4 is 0 Å². The molecule has 1 aliphatic heterocycles. The lowest BCUT2D eigenvalue weighted by molar-refractivity contribution is -0.116. The first kappa shape index (κ1) is 13.3. The molecule has 1 aliphatic rings. The van der Waals surface area contributed by atoms with Crippen molar-refractivity contribution in [1.29, 1.82) is 0 Å². The molecule has 0 fully saturated rings. The third-order valence-electron chi connectivity index (χ3n) is 3.47. The van der Waals surface area contributed by atoms with Crippen LogP contribution in [0, 0.1) is 5.41 Å². The molecular formula is C14H25NO. The van der Waals surface area contributed by atoms with E-state index >= 15 is 0 Å². The van der Waals surface area contributed by atoms with Crippen molar-refractivity contribution in [3.05, 3.63) is 11.8 Å². The van der Waals surface area contributed by atoms with Gasteiger partial charge in [0, 0.05) is 30.3 Å². The molecule has 1 rings (SSSR count). The summed E-state index contributed by atoms with van der Waals surface area (Å²) >= 11 is 0. The second-order valence-corrected chi connectivity index (χ2v) is 6.32. The zero-order valence-corrected chi connectivity index (χ0v) is 11.6. The Morgan fingerprint density at radius 1 is 1.44 bits per heavy atom. The number of hydrogen-bond acceptors (Lipinski definition) is 2. The van der Waals surface area contributed by atoms with Gasteiger partial charge in [-0.3, -0.25) is 4.79 Å². The fourth-order valence-corrected chi connectivity index (χ4v) is 2.10. The van der Waals surface area contributed by atoms with Crippen LogP contribution in [-0.2, 0) is 4.79 Å². The van der Waals surface area contributed by atoms with E-state index in [1.54, 1.807) is 0 Å². The summed E-state index contributed by atoms with van der Waals surface area (Å²) < 4.78 is 0.